The molecule has 94 valence electrons. The molecule has 0 aliphatic heterocycles. The standard InChI is InChI=1S/C15H24N2/c1-15(16,13-8-4-3-5-9-13)12-17(2)14-10-6-7-11-14/h3-5,8-9,14H,6-7,10-12,16H2,1-2H3. The number of hydrogen-bond donors (Lipinski definition) is 1. The van der Waals surface area contributed by atoms with E-state index in [0.717, 1.165) is 12.6 Å². The Morgan fingerprint density at radius 3 is 2.41 bits per heavy atom. The molecule has 0 heterocycles. The third kappa shape index (κ3) is 3.08. The minimum absolute atomic E-state index is 0.251. The van der Waals surface area contributed by atoms with Crippen LogP contribution in [0.25, 0.3) is 0 Å². The normalized spacial score (nSPS) is 20.7. The molecule has 1 fully saturated rings. The highest BCUT2D eigenvalue weighted by molar-refractivity contribution is 5.23. The van der Waals surface area contributed by atoms with Crippen molar-refractivity contribution in [2.75, 3.05) is 13.6 Å². The molecule has 1 unspecified atom stereocenters. The van der Waals surface area contributed by atoms with Crippen LogP contribution in [0.5, 0.6) is 0 Å². The van der Waals surface area contributed by atoms with Gasteiger partial charge in [0.1, 0.15) is 0 Å². The molecule has 0 aromatic heterocycles. The predicted molar refractivity (Wildman–Crippen MR) is 72.9 cm³/mol. The molecular weight excluding hydrogens is 208 g/mol. The van der Waals surface area contributed by atoms with Crippen molar-refractivity contribution in [3.05, 3.63) is 35.9 Å². The van der Waals surface area contributed by atoms with Crippen molar-refractivity contribution in [2.45, 2.75) is 44.2 Å². The lowest BCUT2D eigenvalue weighted by Crippen LogP contribution is -2.46. The van der Waals surface area contributed by atoms with Crippen molar-refractivity contribution in [3.8, 4) is 0 Å². The molecule has 1 saturated carbocycles. The first-order valence-electron chi connectivity index (χ1n) is 6.64. The average Bonchev–Trinajstić information content (AvgIpc) is 2.83. The van der Waals surface area contributed by atoms with Gasteiger partial charge in [-0.15, -0.1) is 0 Å². The number of rotatable bonds is 4. The summed E-state index contributed by atoms with van der Waals surface area (Å²) in [4.78, 5) is 2.44. The Hall–Kier alpha value is -0.860. The predicted octanol–water partition coefficient (Wildman–Crippen LogP) is 2.73. The van der Waals surface area contributed by atoms with E-state index < -0.39 is 0 Å². The quantitative estimate of drug-likeness (QED) is 0.865. The SMILES string of the molecule is CN(CC(C)(N)c1ccccc1)C1CCCC1. The summed E-state index contributed by atoms with van der Waals surface area (Å²) in [5.74, 6) is 0. The molecule has 2 rings (SSSR count). The van der Waals surface area contributed by atoms with E-state index in [1.807, 2.05) is 6.07 Å². The minimum Gasteiger partial charge on any atom is -0.321 e. The van der Waals surface area contributed by atoms with Crippen molar-refractivity contribution in [1.29, 1.82) is 0 Å². The highest BCUT2D eigenvalue weighted by Crippen LogP contribution is 2.25. The fourth-order valence-corrected chi connectivity index (χ4v) is 2.90. The summed E-state index contributed by atoms with van der Waals surface area (Å²) in [5, 5.41) is 0. The maximum Gasteiger partial charge on any atom is 0.0509 e. The van der Waals surface area contributed by atoms with E-state index in [2.05, 4.69) is 43.1 Å². The van der Waals surface area contributed by atoms with Crippen LogP contribution >= 0.6 is 0 Å². The van der Waals surface area contributed by atoms with Crippen LogP contribution in [0, 0.1) is 0 Å². The second kappa shape index (κ2) is 5.19. The van der Waals surface area contributed by atoms with E-state index >= 15 is 0 Å². The number of benzene rings is 1. The third-order valence-electron chi connectivity index (χ3n) is 3.96. The number of hydrogen-bond acceptors (Lipinski definition) is 2. The van der Waals surface area contributed by atoms with Gasteiger partial charge in [0.2, 0.25) is 0 Å². The van der Waals surface area contributed by atoms with Crippen LogP contribution < -0.4 is 5.73 Å². The van der Waals surface area contributed by atoms with Crippen LogP contribution in [-0.2, 0) is 5.54 Å². The first-order valence-corrected chi connectivity index (χ1v) is 6.64. The molecule has 2 N–H and O–H groups in total. The maximum atomic E-state index is 6.46. The summed E-state index contributed by atoms with van der Waals surface area (Å²) in [6, 6.07) is 11.2. The molecule has 17 heavy (non-hydrogen) atoms. The van der Waals surface area contributed by atoms with Crippen molar-refractivity contribution in [3.63, 3.8) is 0 Å². The van der Waals surface area contributed by atoms with E-state index in [9.17, 15) is 0 Å². The van der Waals surface area contributed by atoms with E-state index in [4.69, 9.17) is 5.73 Å². The van der Waals surface area contributed by atoms with Gasteiger partial charge in [-0.2, -0.15) is 0 Å². The van der Waals surface area contributed by atoms with Gasteiger partial charge in [0.05, 0.1) is 5.54 Å². The van der Waals surface area contributed by atoms with Crippen molar-refractivity contribution in [2.24, 2.45) is 5.73 Å². The molecule has 1 atom stereocenters. The topological polar surface area (TPSA) is 29.3 Å². The summed E-state index contributed by atoms with van der Waals surface area (Å²) < 4.78 is 0. The fraction of sp³-hybridized carbons (Fsp3) is 0.600. The zero-order valence-electron chi connectivity index (χ0n) is 11.0. The van der Waals surface area contributed by atoms with Crippen LogP contribution in [0.4, 0.5) is 0 Å². The summed E-state index contributed by atoms with van der Waals surface area (Å²) >= 11 is 0. The van der Waals surface area contributed by atoms with Crippen LogP contribution in [0.2, 0.25) is 0 Å². The van der Waals surface area contributed by atoms with Crippen molar-refractivity contribution < 1.29 is 0 Å². The van der Waals surface area contributed by atoms with Crippen molar-refractivity contribution in [1.82, 2.24) is 4.90 Å². The molecule has 1 aromatic rings. The molecule has 0 radical (unpaired) electrons. The Morgan fingerprint density at radius 1 is 1.24 bits per heavy atom. The molecule has 0 bridgehead atoms. The maximum absolute atomic E-state index is 6.46. The number of nitrogens with zero attached hydrogens (tertiary/aromatic N) is 1. The van der Waals surface area contributed by atoms with E-state index in [0.29, 0.717) is 0 Å². The average molecular weight is 232 g/mol. The van der Waals surface area contributed by atoms with Crippen LogP contribution in [0.1, 0.15) is 38.2 Å². The highest BCUT2D eigenvalue weighted by atomic mass is 15.1. The van der Waals surface area contributed by atoms with Gasteiger partial charge in [-0.05, 0) is 32.4 Å². The minimum atomic E-state index is -0.251. The first-order chi connectivity index (χ1) is 8.09. The van der Waals surface area contributed by atoms with Gasteiger partial charge in [0, 0.05) is 12.6 Å². The Balaban J connectivity index is 2.01. The second-order valence-electron chi connectivity index (χ2n) is 5.64. The summed E-state index contributed by atoms with van der Waals surface area (Å²) in [6.45, 7) is 3.06. The second-order valence-corrected chi connectivity index (χ2v) is 5.64. The Labute approximate surface area is 105 Å². The van der Waals surface area contributed by atoms with Crippen molar-refractivity contribution >= 4 is 0 Å². The molecular formula is C15H24N2. The molecule has 0 saturated heterocycles. The lowest BCUT2D eigenvalue weighted by atomic mass is 9.92. The van der Waals surface area contributed by atoms with Gasteiger partial charge in [-0.1, -0.05) is 43.2 Å². The molecule has 0 spiro atoms. The monoisotopic (exact) mass is 232 g/mol. The lowest BCUT2D eigenvalue weighted by molar-refractivity contribution is 0.197. The van der Waals surface area contributed by atoms with Gasteiger partial charge in [-0.3, -0.25) is 0 Å². The van der Waals surface area contributed by atoms with Crippen LogP contribution in [-0.4, -0.2) is 24.5 Å². The molecule has 2 nitrogen and oxygen atoms in total. The van der Waals surface area contributed by atoms with Gasteiger partial charge in [-0.25, -0.2) is 0 Å². The summed E-state index contributed by atoms with van der Waals surface area (Å²) in [7, 11) is 2.21. The smallest absolute Gasteiger partial charge is 0.0509 e. The van der Waals surface area contributed by atoms with Crippen LogP contribution in [0.15, 0.2) is 30.3 Å². The van der Waals surface area contributed by atoms with E-state index in [1.54, 1.807) is 0 Å². The van der Waals surface area contributed by atoms with Gasteiger partial charge < -0.3 is 10.6 Å². The van der Waals surface area contributed by atoms with Gasteiger partial charge in [0.15, 0.2) is 0 Å². The van der Waals surface area contributed by atoms with Gasteiger partial charge in [0.25, 0.3) is 0 Å². The fourth-order valence-electron chi connectivity index (χ4n) is 2.90. The summed E-state index contributed by atoms with van der Waals surface area (Å²) in [6.07, 6.45) is 5.42. The number of nitrogens with two attached hydrogens (primary N) is 1. The first kappa shape index (κ1) is 12.6. The van der Waals surface area contributed by atoms with Crippen LogP contribution in [0.3, 0.4) is 0 Å². The lowest BCUT2D eigenvalue weighted by Gasteiger charge is -2.34. The largest absolute Gasteiger partial charge is 0.321 e. The zero-order valence-corrected chi connectivity index (χ0v) is 11.0. The molecule has 1 aliphatic carbocycles. The highest BCUT2D eigenvalue weighted by Gasteiger charge is 2.27. The van der Waals surface area contributed by atoms with E-state index in [1.165, 1.54) is 31.2 Å². The Bertz CT molecular complexity index is 339. The molecule has 1 aromatic carbocycles. The Kier molecular flexibility index (Phi) is 3.85. The zero-order chi connectivity index (χ0) is 12.3. The Morgan fingerprint density at radius 2 is 1.82 bits per heavy atom. The summed E-state index contributed by atoms with van der Waals surface area (Å²) in [5.41, 5.74) is 7.44. The van der Waals surface area contributed by atoms with E-state index in [-0.39, 0.29) is 5.54 Å². The molecule has 0 amide bonds. The molecule has 1 aliphatic rings. The molecule has 2 heteroatoms. The van der Waals surface area contributed by atoms with Gasteiger partial charge >= 0.3 is 0 Å². The number of likely N-dealkylation sites (N-methyl/N-ethyl adjacent to an activating group) is 1. The third-order valence-corrected chi connectivity index (χ3v) is 3.96.